The zero-order valence-corrected chi connectivity index (χ0v) is 29.8. The SMILES string of the molecule is c1ccc(-c2ccc(N(c3ccc(-c4ccc5c(c4)oc4ccccc45)cc3)c3ccccc3-c3cc4c5ccccc5oc4c4ccccc34)cc2)cc1. The Bertz CT molecular complexity index is 3190. The molecule has 0 amide bonds. The number of anilines is 3. The van der Waals surface area contributed by atoms with Crippen LogP contribution in [0.25, 0.3) is 88.0 Å². The number of nitrogens with zero attached hydrogens (tertiary/aromatic N) is 1. The maximum absolute atomic E-state index is 6.49. The molecule has 0 N–H and O–H groups in total. The Morgan fingerprint density at radius 2 is 0.800 bits per heavy atom. The monoisotopic (exact) mass is 703 g/mol. The summed E-state index contributed by atoms with van der Waals surface area (Å²) in [7, 11) is 0. The first-order chi connectivity index (χ1) is 27.3. The molecule has 0 fully saturated rings. The lowest BCUT2D eigenvalue weighted by Gasteiger charge is -2.28. The molecule has 0 aliphatic rings. The van der Waals surface area contributed by atoms with E-state index in [1.165, 1.54) is 11.1 Å². The molecule has 258 valence electrons. The third-order valence-electron chi connectivity index (χ3n) is 10.9. The number of hydrogen-bond acceptors (Lipinski definition) is 3. The number of para-hydroxylation sites is 3. The summed E-state index contributed by atoms with van der Waals surface area (Å²) in [5.41, 5.74) is 13.7. The molecule has 55 heavy (non-hydrogen) atoms. The summed E-state index contributed by atoms with van der Waals surface area (Å²) in [5, 5.41) is 6.75. The highest BCUT2D eigenvalue weighted by molar-refractivity contribution is 6.20. The number of hydrogen-bond donors (Lipinski definition) is 0. The van der Waals surface area contributed by atoms with Gasteiger partial charge in [0.1, 0.15) is 22.3 Å². The van der Waals surface area contributed by atoms with Crippen molar-refractivity contribution in [3.05, 3.63) is 200 Å². The molecule has 0 saturated carbocycles. The van der Waals surface area contributed by atoms with Gasteiger partial charge in [-0.15, -0.1) is 0 Å². The van der Waals surface area contributed by atoms with Crippen LogP contribution in [0.1, 0.15) is 0 Å². The summed E-state index contributed by atoms with van der Waals surface area (Å²) in [5.74, 6) is 0. The molecule has 0 aliphatic carbocycles. The maximum atomic E-state index is 6.49. The van der Waals surface area contributed by atoms with Crippen LogP contribution in [0, 0.1) is 0 Å². The first-order valence-electron chi connectivity index (χ1n) is 18.7. The summed E-state index contributed by atoms with van der Waals surface area (Å²) in [6.45, 7) is 0. The van der Waals surface area contributed by atoms with Crippen LogP contribution < -0.4 is 4.90 Å². The topological polar surface area (TPSA) is 29.5 Å². The van der Waals surface area contributed by atoms with E-state index in [1.807, 2.05) is 18.2 Å². The molecule has 11 aromatic rings. The van der Waals surface area contributed by atoms with Gasteiger partial charge in [0.05, 0.1) is 5.69 Å². The lowest BCUT2D eigenvalue weighted by atomic mass is 9.93. The van der Waals surface area contributed by atoms with Crippen LogP contribution in [0.15, 0.2) is 209 Å². The van der Waals surface area contributed by atoms with Crippen molar-refractivity contribution in [3.8, 4) is 33.4 Å². The predicted molar refractivity (Wildman–Crippen MR) is 229 cm³/mol. The Morgan fingerprint density at radius 1 is 0.291 bits per heavy atom. The van der Waals surface area contributed by atoms with E-state index in [4.69, 9.17) is 8.83 Å². The molecular formula is C52H33NO2. The van der Waals surface area contributed by atoms with Gasteiger partial charge in [0.25, 0.3) is 0 Å². The fraction of sp³-hybridized carbons (Fsp3) is 0. The molecule has 2 heterocycles. The molecule has 3 heteroatoms. The molecule has 0 aliphatic heterocycles. The van der Waals surface area contributed by atoms with Crippen LogP contribution in [0.2, 0.25) is 0 Å². The Labute approximate surface area is 317 Å². The fourth-order valence-electron chi connectivity index (χ4n) is 8.24. The van der Waals surface area contributed by atoms with Gasteiger partial charge in [-0.25, -0.2) is 0 Å². The van der Waals surface area contributed by atoms with Gasteiger partial charge >= 0.3 is 0 Å². The van der Waals surface area contributed by atoms with Crippen molar-refractivity contribution in [2.75, 3.05) is 4.90 Å². The highest BCUT2D eigenvalue weighted by Crippen LogP contribution is 2.46. The second kappa shape index (κ2) is 12.6. The van der Waals surface area contributed by atoms with Crippen LogP contribution >= 0.6 is 0 Å². The third-order valence-corrected chi connectivity index (χ3v) is 10.9. The zero-order chi connectivity index (χ0) is 36.3. The minimum atomic E-state index is 0.895. The highest BCUT2D eigenvalue weighted by Gasteiger charge is 2.21. The molecule has 11 rings (SSSR count). The van der Waals surface area contributed by atoms with Crippen molar-refractivity contribution in [2.24, 2.45) is 0 Å². The van der Waals surface area contributed by atoms with Gasteiger partial charge in [0.15, 0.2) is 0 Å². The first-order valence-corrected chi connectivity index (χ1v) is 18.7. The predicted octanol–water partition coefficient (Wildman–Crippen LogP) is 15.1. The van der Waals surface area contributed by atoms with Crippen molar-refractivity contribution in [1.29, 1.82) is 0 Å². The number of fused-ring (bicyclic) bond motifs is 8. The molecule has 3 nitrogen and oxygen atoms in total. The normalized spacial score (nSPS) is 11.6. The summed E-state index contributed by atoms with van der Waals surface area (Å²) in [6.07, 6.45) is 0. The van der Waals surface area contributed by atoms with Crippen LogP contribution in [0.4, 0.5) is 17.1 Å². The Morgan fingerprint density at radius 3 is 1.53 bits per heavy atom. The summed E-state index contributed by atoms with van der Waals surface area (Å²) >= 11 is 0. The van der Waals surface area contributed by atoms with Gasteiger partial charge in [-0.1, -0.05) is 140 Å². The van der Waals surface area contributed by atoms with E-state index in [2.05, 4.69) is 187 Å². The van der Waals surface area contributed by atoms with Crippen LogP contribution in [-0.2, 0) is 0 Å². The van der Waals surface area contributed by atoms with Gasteiger partial charge < -0.3 is 13.7 Å². The van der Waals surface area contributed by atoms with E-state index in [9.17, 15) is 0 Å². The lowest BCUT2D eigenvalue weighted by Crippen LogP contribution is -2.11. The van der Waals surface area contributed by atoms with Gasteiger partial charge in [-0.3, -0.25) is 0 Å². The highest BCUT2D eigenvalue weighted by atomic mass is 16.3. The fourth-order valence-corrected chi connectivity index (χ4v) is 8.24. The van der Waals surface area contributed by atoms with Crippen molar-refractivity contribution < 1.29 is 8.83 Å². The standard InChI is InChI=1S/C52H33NO2/c1-2-12-34(13-3-1)35-22-27-38(28-23-35)53(39-29-24-36(25-30-39)37-26-31-44-42-16-7-10-20-49(42)54-51(44)32-37)48-19-9-6-15-41(48)46-33-47-43-17-8-11-21-50(43)55-52(47)45-18-5-4-14-40(45)46/h1-33H. The van der Waals surface area contributed by atoms with Crippen LogP contribution in [-0.4, -0.2) is 0 Å². The van der Waals surface area contributed by atoms with E-state index in [0.29, 0.717) is 0 Å². The minimum absolute atomic E-state index is 0.895. The van der Waals surface area contributed by atoms with Crippen molar-refractivity contribution >= 4 is 71.7 Å². The van der Waals surface area contributed by atoms with Crippen LogP contribution in [0.3, 0.4) is 0 Å². The van der Waals surface area contributed by atoms with E-state index in [0.717, 1.165) is 94.0 Å². The van der Waals surface area contributed by atoms with Crippen molar-refractivity contribution in [1.82, 2.24) is 0 Å². The molecule has 0 bridgehead atoms. The summed E-state index contributed by atoms with van der Waals surface area (Å²) in [4.78, 5) is 2.38. The van der Waals surface area contributed by atoms with E-state index in [1.54, 1.807) is 0 Å². The molecule has 9 aromatic carbocycles. The zero-order valence-electron chi connectivity index (χ0n) is 29.8. The number of rotatable bonds is 6. The van der Waals surface area contributed by atoms with Gasteiger partial charge in [0.2, 0.25) is 0 Å². The minimum Gasteiger partial charge on any atom is -0.456 e. The molecular weight excluding hydrogens is 671 g/mol. The first kappa shape index (κ1) is 31.2. The second-order valence-corrected chi connectivity index (χ2v) is 14.1. The van der Waals surface area contributed by atoms with Crippen LogP contribution in [0.5, 0.6) is 0 Å². The van der Waals surface area contributed by atoms with E-state index < -0.39 is 0 Å². The van der Waals surface area contributed by atoms with Gasteiger partial charge in [-0.05, 0) is 93.9 Å². The van der Waals surface area contributed by atoms with Gasteiger partial charge in [-0.2, -0.15) is 0 Å². The largest absolute Gasteiger partial charge is 0.456 e. The molecule has 0 saturated heterocycles. The summed E-state index contributed by atoms with van der Waals surface area (Å²) in [6, 6.07) is 71.0. The quantitative estimate of drug-likeness (QED) is 0.173. The average Bonchev–Trinajstić information content (AvgIpc) is 3.83. The maximum Gasteiger partial charge on any atom is 0.143 e. The smallest absolute Gasteiger partial charge is 0.143 e. The Kier molecular flexibility index (Phi) is 7.17. The number of benzene rings is 9. The molecule has 2 aromatic heterocycles. The summed E-state index contributed by atoms with van der Waals surface area (Å²) < 4.78 is 12.7. The third kappa shape index (κ3) is 5.20. The Hall–Kier alpha value is -7.36. The molecule has 0 atom stereocenters. The lowest BCUT2D eigenvalue weighted by molar-refractivity contribution is 0.669. The molecule has 0 spiro atoms. The van der Waals surface area contributed by atoms with E-state index in [-0.39, 0.29) is 0 Å². The van der Waals surface area contributed by atoms with Crippen molar-refractivity contribution in [3.63, 3.8) is 0 Å². The number of furan rings is 2. The molecule has 0 radical (unpaired) electrons. The Balaban J connectivity index is 1.08. The van der Waals surface area contributed by atoms with Crippen molar-refractivity contribution in [2.45, 2.75) is 0 Å². The average molecular weight is 704 g/mol. The van der Waals surface area contributed by atoms with E-state index >= 15 is 0 Å². The second-order valence-electron chi connectivity index (χ2n) is 14.1. The van der Waals surface area contributed by atoms with Gasteiger partial charge in [0, 0.05) is 43.9 Å². The molecule has 0 unspecified atom stereocenters.